The molecular weight excluding hydrogens is 276 g/mol. The second-order valence-electron chi connectivity index (χ2n) is 5.51. The van der Waals surface area contributed by atoms with Crippen molar-refractivity contribution in [1.82, 2.24) is 4.72 Å². The molecule has 110 valence electrons. The molecule has 1 saturated heterocycles. The first-order valence-electron chi connectivity index (χ1n) is 7.10. The smallest absolute Gasteiger partial charge is 0.244 e. The van der Waals surface area contributed by atoms with E-state index in [1.165, 1.54) is 19.3 Å². The molecule has 0 radical (unpaired) electrons. The molecule has 0 bridgehead atoms. The number of nitrogens with zero attached hydrogens (tertiary/aromatic N) is 1. The van der Waals surface area contributed by atoms with Crippen LogP contribution in [0.5, 0.6) is 5.75 Å². The van der Waals surface area contributed by atoms with Crippen molar-refractivity contribution < 1.29 is 13.2 Å². The molecular formula is C14H20N2O3S. The molecule has 1 aromatic carbocycles. The zero-order valence-electron chi connectivity index (χ0n) is 11.6. The first-order chi connectivity index (χ1) is 9.56. The Morgan fingerprint density at radius 3 is 2.75 bits per heavy atom. The van der Waals surface area contributed by atoms with Crippen molar-refractivity contribution in [3.63, 3.8) is 0 Å². The topological polar surface area (TPSA) is 58.6 Å². The average Bonchev–Trinajstić information content (AvgIpc) is 2.56. The van der Waals surface area contributed by atoms with Crippen LogP contribution in [0.2, 0.25) is 0 Å². The van der Waals surface area contributed by atoms with Crippen molar-refractivity contribution in [2.75, 3.05) is 24.6 Å². The number of fused-ring (bicyclic) bond motifs is 1. The summed E-state index contributed by atoms with van der Waals surface area (Å²) < 4.78 is 32.6. The zero-order chi connectivity index (χ0) is 14.2. The van der Waals surface area contributed by atoms with Gasteiger partial charge in [-0.3, -0.25) is 0 Å². The minimum absolute atomic E-state index is 0.217. The first kappa shape index (κ1) is 13.7. The maximum atomic E-state index is 12.2. The van der Waals surface area contributed by atoms with Crippen LogP contribution in [0.1, 0.15) is 26.2 Å². The highest BCUT2D eigenvalue weighted by Gasteiger charge is 2.27. The lowest BCUT2D eigenvalue weighted by molar-refractivity contribution is 0.288. The number of hydrogen-bond acceptors (Lipinski definition) is 4. The maximum Gasteiger partial charge on any atom is 0.244 e. The maximum absolute atomic E-state index is 12.2. The van der Waals surface area contributed by atoms with Crippen molar-refractivity contribution in [1.29, 1.82) is 0 Å². The highest BCUT2D eigenvalue weighted by molar-refractivity contribution is 7.89. The van der Waals surface area contributed by atoms with E-state index >= 15 is 0 Å². The number of benzene rings is 1. The van der Waals surface area contributed by atoms with Crippen LogP contribution in [0.4, 0.5) is 5.69 Å². The Labute approximate surface area is 120 Å². The summed E-state index contributed by atoms with van der Waals surface area (Å²) in [7, 11) is -3.47. The van der Waals surface area contributed by atoms with Crippen molar-refractivity contribution in [3.8, 4) is 5.75 Å². The molecule has 0 aromatic heterocycles. The molecule has 1 fully saturated rings. The number of nitrogens with one attached hydrogen (secondary N) is 1. The fourth-order valence-electron chi connectivity index (χ4n) is 2.76. The standard InChI is InChI=1S/C14H20N2O3S/c1-11-10-19-13-9-12(16-7-3-2-4-8-16)5-6-14(13)20(17,18)15-11/h5-6,9,11,15H,2-4,7-8,10H2,1H3/t11-/m1/s1. The third kappa shape index (κ3) is 2.62. The molecule has 0 spiro atoms. The SMILES string of the molecule is C[C@@H]1COc2cc(N3CCCCC3)ccc2S(=O)(=O)N1. The van der Waals surface area contributed by atoms with Crippen molar-refractivity contribution in [2.45, 2.75) is 37.1 Å². The second kappa shape index (κ2) is 5.26. The van der Waals surface area contributed by atoms with Crippen LogP contribution in [-0.4, -0.2) is 34.2 Å². The van der Waals surface area contributed by atoms with Gasteiger partial charge in [0.05, 0.1) is 6.04 Å². The van der Waals surface area contributed by atoms with Crippen LogP contribution in [0, 0.1) is 0 Å². The Morgan fingerprint density at radius 2 is 2.00 bits per heavy atom. The summed E-state index contributed by atoms with van der Waals surface area (Å²) >= 11 is 0. The van der Waals surface area contributed by atoms with E-state index < -0.39 is 10.0 Å². The quantitative estimate of drug-likeness (QED) is 0.857. The Morgan fingerprint density at radius 1 is 1.25 bits per heavy atom. The van der Waals surface area contributed by atoms with Gasteiger partial charge in [-0.25, -0.2) is 13.1 Å². The lowest BCUT2D eigenvalue weighted by Crippen LogP contribution is -2.34. The molecule has 0 amide bonds. The molecule has 6 heteroatoms. The molecule has 1 N–H and O–H groups in total. The average molecular weight is 296 g/mol. The summed E-state index contributed by atoms with van der Waals surface area (Å²) in [5, 5.41) is 0. The Kier molecular flexibility index (Phi) is 3.60. The van der Waals surface area contributed by atoms with Gasteiger partial charge in [0, 0.05) is 24.8 Å². The molecule has 3 rings (SSSR count). The Hall–Kier alpha value is -1.27. The predicted octanol–water partition coefficient (Wildman–Crippen LogP) is 1.74. The largest absolute Gasteiger partial charge is 0.490 e. The molecule has 1 atom stereocenters. The van der Waals surface area contributed by atoms with Gasteiger partial charge in [0.1, 0.15) is 17.3 Å². The summed E-state index contributed by atoms with van der Waals surface area (Å²) in [6.45, 7) is 4.21. The number of hydrogen-bond donors (Lipinski definition) is 1. The van der Waals surface area contributed by atoms with E-state index in [1.54, 1.807) is 13.0 Å². The van der Waals surface area contributed by atoms with E-state index in [2.05, 4.69) is 9.62 Å². The lowest BCUT2D eigenvalue weighted by atomic mass is 10.1. The summed E-state index contributed by atoms with van der Waals surface area (Å²) in [6.07, 6.45) is 3.65. The number of anilines is 1. The highest BCUT2D eigenvalue weighted by atomic mass is 32.2. The van der Waals surface area contributed by atoms with Gasteiger partial charge in [0.25, 0.3) is 0 Å². The summed E-state index contributed by atoms with van der Waals surface area (Å²) in [6, 6.07) is 5.17. The molecule has 1 aromatic rings. The van der Waals surface area contributed by atoms with Gasteiger partial charge in [-0.15, -0.1) is 0 Å². The van der Waals surface area contributed by atoms with Crippen molar-refractivity contribution >= 4 is 15.7 Å². The molecule has 2 aliphatic heterocycles. The molecule has 0 aliphatic carbocycles. The second-order valence-corrected chi connectivity index (χ2v) is 7.19. The predicted molar refractivity (Wildman–Crippen MR) is 77.8 cm³/mol. The van der Waals surface area contributed by atoms with E-state index in [1.807, 2.05) is 12.1 Å². The van der Waals surface area contributed by atoms with Gasteiger partial charge in [0.15, 0.2) is 0 Å². The Bertz CT molecular complexity index is 594. The van der Waals surface area contributed by atoms with Crippen molar-refractivity contribution in [3.05, 3.63) is 18.2 Å². The minimum atomic E-state index is -3.47. The monoisotopic (exact) mass is 296 g/mol. The van der Waals surface area contributed by atoms with Gasteiger partial charge in [-0.1, -0.05) is 0 Å². The normalized spacial score (nSPS) is 25.4. The van der Waals surface area contributed by atoms with E-state index in [0.29, 0.717) is 12.4 Å². The van der Waals surface area contributed by atoms with Crippen LogP contribution >= 0.6 is 0 Å². The van der Waals surface area contributed by atoms with E-state index in [0.717, 1.165) is 18.8 Å². The number of rotatable bonds is 1. The fraction of sp³-hybridized carbons (Fsp3) is 0.571. The van der Waals surface area contributed by atoms with Gasteiger partial charge in [-0.05, 0) is 38.3 Å². The van der Waals surface area contributed by atoms with Gasteiger partial charge >= 0.3 is 0 Å². The summed E-state index contributed by atoms with van der Waals surface area (Å²) in [5.41, 5.74) is 1.05. The molecule has 20 heavy (non-hydrogen) atoms. The van der Waals surface area contributed by atoms with Gasteiger partial charge in [0.2, 0.25) is 10.0 Å². The minimum Gasteiger partial charge on any atom is -0.490 e. The van der Waals surface area contributed by atoms with Crippen LogP contribution in [0.3, 0.4) is 0 Å². The van der Waals surface area contributed by atoms with Crippen LogP contribution < -0.4 is 14.4 Å². The molecule has 2 aliphatic rings. The molecule has 2 heterocycles. The first-order valence-corrected chi connectivity index (χ1v) is 8.59. The van der Waals surface area contributed by atoms with E-state index in [9.17, 15) is 8.42 Å². The van der Waals surface area contributed by atoms with Gasteiger partial charge in [-0.2, -0.15) is 0 Å². The highest BCUT2D eigenvalue weighted by Crippen LogP contribution is 2.32. The molecule has 0 unspecified atom stereocenters. The molecule has 0 saturated carbocycles. The van der Waals surface area contributed by atoms with Crippen LogP contribution in [-0.2, 0) is 10.0 Å². The van der Waals surface area contributed by atoms with E-state index in [4.69, 9.17) is 4.74 Å². The zero-order valence-corrected chi connectivity index (χ0v) is 12.4. The number of sulfonamides is 1. The third-order valence-corrected chi connectivity index (χ3v) is 5.41. The van der Waals surface area contributed by atoms with Crippen molar-refractivity contribution in [2.24, 2.45) is 0 Å². The number of ether oxygens (including phenoxy) is 1. The third-order valence-electron chi connectivity index (χ3n) is 3.78. The summed E-state index contributed by atoms with van der Waals surface area (Å²) in [4.78, 5) is 2.53. The van der Waals surface area contributed by atoms with Gasteiger partial charge < -0.3 is 9.64 Å². The number of piperidine rings is 1. The van der Waals surface area contributed by atoms with Crippen LogP contribution in [0.25, 0.3) is 0 Å². The summed E-state index contributed by atoms with van der Waals surface area (Å²) in [5.74, 6) is 0.463. The fourth-order valence-corrected chi connectivity index (χ4v) is 4.11. The van der Waals surface area contributed by atoms with E-state index in [-0.39, 0.29) is 10.9 Å². The molecule has 5 nitrogen and oxygen atoms in total. The Balaban J connectivity index is 1.96. The lowest BCUT2D eigenvalue weighted by Gasteiger charge is -2.29. The van der Waals surface area contributed by atoms with Crippen LogP contribution in [0.15, 0.2) is 23.1 Å².